The predicted octanol–water partition coefficient (Wildman–Crippen LogP) is 4.16. The van der Waals surface area contributed by atoms with Crippen LogP contribution in [-0.4, -0.2) is 21.2 Å². The fourth-order valence-corrected chi connectivity index (χ4v) is 3.02. The topological polar surface area (TPSA) is 66.0 Å². The van der Waals surface area contributed by atoms with Gasteiger partial charge in [-0.3, -0.25) is 0 Å². The van der Waals surface area contributed by atoms with Gasteiger partial charge in [-0.1, -0.05) is 53.7 Å². The summed E-state index contributed by atoms with van der Waals surface area (Å²) in [5.74, 6) is 6.83. The minimum absolute atomic E-state index is 0.255. The van der Waals surface area contributed by atoms with Crippen LogP contribution in [0.5, 0.6) is 5.75 Å². The van der Waals surface area contributed by atoms with Gasteiger partial charge in [0.15, 0.2) is 5.82 Å². The Morgan fingerprint density at radius 1 is 1.04 bits per heavy atom. The van der Waals surface area contributed by atoms with E-state index in [1.165, 1.54) is 28.6 Å². The lowest BCUT2D eigenvalue weighted by atomic mass is 10.1. The molecular weight excluding hydrogens is 365 g/mol. The van der Waals surface area contributed by atoms with Crippen LogP contribution in [0, 0.1) is 6.92 Å². The summed E-state index contributed by atoms with van der Waals surface area (Å²) in [6, 6.07) is 13.4. The van der Waals surface area contributed by atoms with Crippen LogP contribution in [-0.2, 0) is 5.75 Å². The first-order chi connectivity index (χ1) is 12.3. The maximum absolute atomic E-state index is 12.2. The lowest BCUT2D eigenvalue weighted by Gasteiger charge is -2.09. The first kappa shape index (κ1) is 18.1. The van der Waals surface area contributed by atoms with Crippen molar-refractivity contribution in [3.05, 3.63) is 59.7 Å². The third kappa shape index (κ3) is 4.48. The van der Waals surface area contributed by atoms with Gasteiger partial charge in [0, 0.05) is 11.3 Å². The number of aryl methyl sites for hydroxylation is 1. The van der Waals surface area contributed by atoms with Crippen molar-refractivity contribution in [3.8, 4) is 17.1 Å². The third-order valence-corrected chi connectivity index (χ3v) is 4.51. The van der Waals surface area contributed by atoms with E-state index in [9.17, 15) is 13.2 Å². The maximum atomic E-state index is 12.2. The number of thioether (sulfide) groups is 1. The first-order valence-corrected chi connectivity index (χ1v) is 8.55. The summed E-state index contributed by atoms with van der Waals surface area (Å²) in [6.07, 6.45) is -4.70. The van der Waals surface area contributed by atoms with Crippen LogP contribution >= 0.6 is 11.8 Å². The molecule has 136 valence electrons. The maximum Gasteiger partial charge on any atom is 0.573 e. The highest BCUT2D eigenvalue weighted by atomic mass is 32.2. The molecule has 1 aromatic heterocycles. The van der Waals surface area contributed by atoms with Gasteiger partial charge in [-0.2, -0.15) is 0 Å². The number of ether oxygens (including phenoxy) is 1. The van der Waals surface area contributed by atoms with Gasteiger partial charge in [0.1, 0.15) is 5.75 Å². The Kier molecular flexibility index (Phi) is 5.08. The quantitative estimate of drug-likeness (QED) is 0.532. The van der Waals surface area contributed by atoms with Crippen LogP contribution in [0.15, 0.2) is 53.7 Å². The lowest BCUT2D eigenvalue weighted by Crippen LogP contribution is -2.17. The molecule has 3 rings (SSSR count). The Bertz CT molecular complexity index is 877. The summed E-state index contributed by atoms with van der Waals surface area (Å²) in [5, 5.41) is 8.69. The van der Waals surface area contributed by atoms with E-state index >= 15 is 0 Å². The molecule has 0 aliphatic carbocycles. The fraction of sp³-hybridized carbons (Fsp3) is 0.176. The molecule has 0 unspecified atom stereocenters. The van der Waals surface area contributed by atoms with Crippen LogP contribution in [0.1, 0.15) is 11.1 Å². The highest BCUT2D eigenvalue weighted by Gasteiger charge is 2.30. The zero-order valence-corrected chi connectivity index (χ0v) is 14.5. The zero-order valence-electron chi connectivity index (χ0n) is 13.7. The summed E-state index contributed by atoms with van der Waals surface area (Å²) in [7, 11) is 0. The zero-order chi connectivity index (χ0) is 18.7. The molecule has 0 atom stereocenters. The molecule has 0 aliphatic rings. The second kappa shape index (κ2) is 7.28. The van der Waals surface area contributed by atoms with Crippen molar-refractivity contribution in [1.82, 2.24) is 14.9 Å². The molecule has 5 nitrogen and oxygen atoms in total. The molecule has 0 radical (unpaired) electrons. The highest BCUT2D eigenvalue weighted by molar-refractivity contribution is 7.98. The standard InChI is InChI=1S/C17H15F3N4OS/c1-11-2-6-13(7-3-11)15-22-23-16(24(15)21)26-10-12-4-8-14(9-5-12)25-17(18,19)20/h2-9H,10,21H2,1H3. The first-order valence-electron chi connectivity index (χ1n) is 7.57. The van der Waals surface area contributed by atoms with Crippen LogP contribution in [0.3, 0.4) is 0 Å². The second-order valence-electron chi connectivity index (χ2n) is 5.52. The number of halogens is 3. The van der Waals surface area contributed by atoms with E-state index in [1.807, 2.05) is 31.2 Å². The number of benzene rings is 2. The smallest absolute Gasteiger partial charge is 0.406 e. The molecule has 0 bridgehead atoms. The van der Waals surface area contributed by atoms with Crippen molar-refractivity contribution in [3.63, 3.8) is 0 Å². The Balaban J connectivity index is 1.66. The molecule has 0 fully saturated rings. The van der Waals surface area contributed by atoms with Gasteiger partial charge in [0.25, 0.3) is 0 Å². The van der Waals surface area contributed by atoms with E-state index < -0.39 is 6.36 Å². The van der Waals surface area contributed by atoms with Crippen molar-refractivity contribution in [2.24, 2.45) is 0 Å². The average molecular weight is 380 g/mol. The van der Waals surface area contributed by atoms with Gasteiger partial charge in [-0.15, -0.1) is 23.4 Å². The van der Waals surface area contributed by atoms with Gasteiger partial charge in [0.05, 0.1) is 0 Å². The molecule has 0 aliphatic heterocycles. The molecule has 2 N–H and O–H groups in total. The van der Waals surface area contributed by atoms with Crippen LogP contribution < -0.4 is 10.6 Å². The molecule has 0 spiro atoms. The minimum atomic E-state index is -4.70. The Morgan fingerprint density at radius 3 is 2.31 bits per heavy atom. The van der Waals surface area contributed by atoms with Gasteiger partial charge < -0.3 is 10.6 Å². The van der Waals surface area contributed by atoms with Gasteiger partial charge in [-0.05, 0) is 24.6 Å². The molecule has 9 heteroatoms. The van der Waals surface area contributed by atoms with Crippen molar-refractivity contribution >= 4 is 11.8 Å². The van der Waals surface area contributed by atoms with Crippen LogP contribution in [0.25, 0.3) is 11.4 Å². The minimum Gasteiger partial charge on any atom is -0.406 e. The highest BCUT2D eigenvalue weighted by Crippen LogP contribution is 2.27. The van der Waals surface area contributed by atoms with E-state index in [-0.39, 0.29) is 5.75 Å². The monoisotopic (exact) mass is 380 g/mol. The van der Waals surface area contributed by atoms with Crippen molar-refractivity contribution in [1.29, 1.82) is 0 Å². The van der Waals surface area contributed by atoms with E-state index in [0.717, 1.165) is 16.7 Å². The molecule has 1 heterocycles. The molecule has 0 amide bonds. The number of alkyl halides is 3. The van der Waals surface area contributed by atoms with E-state index in [2.05, 4.69) is 14.9 Å². The van der Waals surface area contributed by atoms with Gasteiger partial charge >= 0.3 is 6.36 Å². The van der Waals surface area contributed by atoms with E-state index in [1.54, 1.807) is 12.1 Å². The largest absolute Gasteiger partial charge is 0.573 e. The van der Waals surface area contributed by atoms with Gasteiger partial charge in [0.2, 0.25) is 5.16 Å². The normalized spacial score (nSPS) is 11.5. The Morgan fingerprint density at radius 2 is 1.69 bits per heavy atom. The fourth-order valence-electron chi connectivity index (χ4n) is 2.21. The van der Waals surface area contributed by atoms with E-state index in [0.29, 0.717) is 16.7 Å². The Hall–Kier alpha value is -2.68. The molecule has 3 aromatic rings. The lowest BCUT2D eigenvalue weighted by molar-refractivity contribution is -0.274. The number of nitrogens with zero attached hydrogens (tertiary/aromatic N) is 3. The molecule has 26 heavy (non-hydrogen) atoms. The number of nitrogen functional groups attached to an aromatic ring is 1. The number of nitrogens with two attached hydrogens (primary N) is 1. The number of rotatable bonds is 5. The number of aromatic nitrogens is 3. The van der Waals surface area contributed by atoms with Crippen molar-refractivity contribution in [2.75, 3.05) is 5.84 Å². The average Bonchev–Trinajstić information content (AvgIpc) is 2.94. The predicted molar refractivity (Wildman–Crippen MR) is 93.0 cm³/mol. The molecule has 0 saturated carbocycles. The van der Waals surface area contributed by atoms with Crippen LogP contribution in [0.2, 0.25) is 0 Å². The molecular formula is C17H15F3N4OS. The number of hydrogen-bond acceptors (Lipinski definition) is 5. The van der Waals surface area contributed by atoms with E-state index in [4.69, 9.17) is 5.84 Å². The Labute approximate surface area is 152 Å². The SMILES string of the molecule is Cc1ccc(-c2nnc(SCc3ccc(OC(F)(F)F)cc3)n2N)cc1. The summed E-state index contributed by atoms with van der Waals surface area (Å²) < 4.78 is 41.7. The summed E-state index contributed by atoms with van der Waals surface area (Å²) >= 11 is 1.34. The third-order valence-electron chi connectivity index (χ3n) is 3.50. The molecule has 2 aromatic carbocycles. The molecule has 0 saturated heterocycles. The van der Waals surface area contributed by atoms with Crippen molar-refractivity contribution in [2.45, 2.75) is 24.2 Å². The summed E-state index contributed by atoms with van der Waals surface area (Å²) in [5.41, 5.74) is 2.79. The summed E-state index contributed by atoms with van der Waals surface area (Å²) in [6.45, 7) is 1.99. The van der Waals surface area contributed by atoms with Gasteiger partial charge in [-0.25, -0.2) is 4.68 Å². The van der Waals surface area contributed by atoms with Crippen LogP contribution in [0.4, 0.5) is 13.2 Å². The second-order valence-corrected chi connectivity index (χ2v) is 6.47. The number of hydrogen-bond donors (Lipinski definition) is 1. The van der Waals surface area contributed by atoms with Crippen molar-refractivity contribution < 1.29 is 17.9 Å². The summed E-state index contributed by atoms with van der Waals surface area (Å²) in [4.78, 5) is 0.